The first-order valence-electron chi connectivity index (χ1n) is 6.76. The number of aromatic nitrogens is 1. The van der Waals surface area contributed by atoms with Crippen LogP contribution in [0.2, 0.25) is 0 Å². The Hall–Kier alpha value is -0.236. The topological polar surface area (TPSA) is 31.2 Å². The molecule has 0 bridgehead atoms. The summed E-state index contributed by atoms with van der Waals surface area (Å²) in [5.74, 6) is 1.22. The Balaban J connectivity index is 0.00000288. The van der Waals surface area contributed by atoms with Gasteiger partial charge in [-0.1, -0.05) is 23.7 Å². The van der Waals surface area contributed by atoms with Gasteiger partial charge in [0.05, 0.1) is 6.54 Å². The van der Waals surface area contributed by atoms with E-state index in [1.807, 2.05) is 19.2 Å². The summed E-state index contributed by atoms with van der Waals surface area (Å²) in [7, 11) is 0. The molecule has 0 aliphatic rings. The molecule has 1 aromatic carbocycles. The molecule has 0 spiro atoms. The van der Waals surface area contributed by atoms with Gasteiger partial charge in [0, 0.05) is 32.7 Å². The molecule has 24 heavy (non-hydrogen) atoms. The molecule has 0 atom stereocenters. The van der Waals surface area contributed by atoms with Crippen LogP contribution >= 0.6 is 27.7 Å². The molecule has 0 amide bonds. The van der Waals surface area contributed by atoms with Crippen molar-refractivity contribution in [3.05, 3.63) is 50.7 Å². The van der Waals surface area contributed by atoms with Crippen LogP contribution in [0.4, 0.5) is 8.78 Å². The van der Waals surface area contributed by atoms with E-state index in [4.69, 9.17) is 4.74 Å². The third-order valence-electron chi connectivity index (χ3n) is 3.17. The average molecular weight is 492 g/mol. The van der Waals surface area contributed by atoms with Crippen LogP contribution in [0.5, 0.6) is 5.75 Å². The van der Waals surface area contributed by atoms with Crippen LogP contribution in [0.3, 0.4) is 0 Å². The Morgan fingerprint density at radius 1 is 1.42 bits per heavy atom. The van der Waals surface area contributed by atoms with Crippen molar-refractivity contribution in [1.82, 2.24) is 4.57 Å². The molecule has 0 fully saturated rings. The molecular formula is C16H15BrF2NO2SY-. The zero-order valence-electron chi connectivity index (χ0n) is 13.2. The predicted molar refractivity (Wildman–Crippen MR) is 92.4 cm³/mol. The summed E-state index contributed by atoms with van der Waals surface area (Å²) in [4.78, 5) is 12.2. The van der Waals surface area contributed by atoms with E-state index in [2.05, 4.69) is 22.0 Å². The smallest absolute Gasteiger partial charge is 0.256 e. The number of thioether (sulfide) groups is 1. The Bertz CT molecular complexity index is 755. The Morgan fingerprint density at radius 3 is 2.71 bits per heavy atom. The second-order valence-corrected chi connectivity index (χ2v) is 6.49. The number of nitrogens with zero attached hydrogens (tertiary/aromatic N) is 1. The normalized spacial score (nSPS) is 10.6. The minimum absolute atomic E-state index is 0. The van der Waals surface area contributed by atoms with Crippen LogP contribution in [0, 0.1) is 13.0 Å². The van der Waals surface area contributed by atoms with Crippen molar-refractivity contribution in [2.24, 2.45) is 0 Å². The van der Waals surface area contributed by atoms with Crippen molar-refractivity contribution in [3.8, 4) is 17.0 Å². The van der Waals surface area contributed by atoms with Crippen molar-refractivity contribution in [2.45, 2.75) is 19.9 Å². The quantitative estimate of drug-likeness (QED) is 0.444. The molecule has 1 heterocycles. The van der Waals surface area contributed by atoms with Crippen LogP contribution in [0.25, 0.3) is 11.3 Å². The number of hydrogen-bond acceptors (Lipinski definition) is 3. The monoisotopic (exact) mass is 491 g/mol. The van der Waals surface area contributed by atoms with Crippen molar-refractivity contribution in [2.75, 3.05) is 12.2 Å². The molecular weight excluding hydrogens is 477 g/mol. The summed E-state index contributed by atoms with van der Waals surface area (Å²) in [6, 6.07) is 9.69. The molecule has 2 rings (SSSR count). The van der Waals surface area contributed by atoms with E-state index in [0.717, 1.165) is 10.1 Å². The zero-order chi connectivity index (χ0) is 17.0. The number of rotatable bonds is 6. The summed E-state index contributed by atoms with van der Waals surface area (Å²) < 4.78 is 32.4. The van der Waals surface area contributed by atoms with Crippen molar-refractivity contribution in [3.63, 3.8) is 0 Å². The van der Waals surface area contributed by atoms with Crippen molar-refractivity contribution >= 4 is 27.7 Å². The number of pyridine rings is 1. The summed E-state index contributed by atoms with van der Waals surface area (Å²) in [5, 5.41) is 0. The molecule has 1 radical (unpaired) electrons. The van der Waals surface area contributed by atoms with E-state index in [1.54, 1.807) is 23.9 Å². The average Bonchev–Trinajstić information content (AvgIpc) is 2.50. The third kappa shape index (κ3) is 5.38. The van der Waals surface area contributed by atoms with Gasteiger partial charge in [-0.15, -0.1) is 33.8 Å². The van der Waals surface area contributed by atoms with Crippen LogP contribution in [-0.2, 0) is 39.3 Å². The van der Waals surface area contributed by atoms with Crippen LogP contribution in [-0.4, -0.2) is 23.2 Å². The molecule has 0 saturated heterocycles. The van der Waals surface area contributed by atoms with E-state index >= 15 is 0 Å². The van der Waals surface area contributed by atoms with E-state index in [9.17, 15) is 13.6 Å². The molecule has 8 heteroatoms. The SMILES string of the molecule is CSCOc1ccc(-c2[c-]cc(Br)c(=O)n2CC(F)F)c(C)c1.[Y]. The minimum Gasteiger partial charge on any atom is -0.483 e. The predicted octanol–water partition coefficient (Wildman–Crippen LogP) is 4.35. The third-order valence-corrected chi connectivity index (χ3v) is 4.09. The molecule has 127 valence electrons. The van der Waals surface area contributed by atoms with Crippen LogP contribution < -0.4 is 10.3 Å². The van der Waals surface area contributed by atoms with Gasteiger partial charge in [0.1, 0.15) is 11.7 Å². The number of aryl methyl sites for hydroxylation is 1. The first-order chi connectivity index (χ1) is 10.9. The van der Waals surface area contributed by atoms with Crippen LogP contribution in [0.15, 0.2) is 33.5 Å². The summed E-state index contributed by atoms with van der Waals surface area (Å²) >= 11 is 4.62. The number of ether oxygens (including phenoxy) is 1. The van der Waals surface area contributed by atoms with E-state index < -0.39 is 18.5 Å². The van der Waals surface area contributed by atoms with E-state index in [-0.39, 0.29) is 37.2 Å². The number of benzene rings is 1. The largest absolute Gasteiger partial charge is 0.483 e. The van der Waals surface area contributed by atoms with Gasteiger partial charge in [0.15, 0.2) is 0 Å². The fourth-order valence-corrected chi connectivity index (χ4v) is 2.74. The fraction of sp³-hybridized carbons (Fsp3) is 0.312. The Labute approximate surface area is 177 Å². The van der Waals surface area contributed by atoms with Crippen molar-refractivity contribution in [1.29, 1.82) is 0 Å². The van der Waals surface area contributed by atoms with E-state index in [0.29, 0.717) is 22.9 Å². The maximum Gasteiger partial charge on any atom is 0.256 e. The van der Waals surface area contributed by atoms with Crippen LogP contribution in [0.1, 0.15) is 5.56 Å². The fourth-order valence-electron chi connectivity index (χ4n) is 2.16. The van der Waals surface area contributed by atoms with Crippen molar-refractivity contribution < 1.29 is 46.2 Å². The van der Waals surface area contributed by atoms with Gasteiger partial charge >= 0.3 is 0 Å². The maximum absolute atomic E-state index is 12.8. The van der Waals surface area contributed by atoms with Gasteiger partial charge in [-0.3, -0.25) is 4.79 Å². The number of halogens is 3. The molecule has 1 aromatic heterocycles. The van der Waals surface area contributed by atoms with Gasteiger partial charge in [0.2, 0.25) is 5.56 Å². The Morgan fingerprint density at radius 2 is 2.12 bits per heavy atom. The van der Waals surface area contributed by atoms with E-state index in [1.165, 1.54) is 6.07 Å². The van der Waals surface area contributed by atoms with Gasteiger partial charge < -0.3 is 9.30 Å². The molecule has 0 aliphatic heterocycles. The molecule has 2 aromatic rings. The van der Waals surface area contributed by atoms with Gasteiger partial charge in [-0.2, -0.15) is 12.1 Å². The van der Waals surface area contributed by atoms with Gasteiger partial charge in [-0.05, 0) is 22.9 Å². The first kappa shape index (κ1) is 21.8. The molecule has 0 saturated carbocycles. The molecule has 0 unspecified atom stereocenters. The molecule has 0 N–H and O–H groups in total. The van der Waals surface area contributed by atoms with Gasteiger partial charge in [0.25, 0.3) is 6.43 Å². The Kier molecular flexibility index (Phi) is 9.13. The number of hydrogen-bond donors (Lipinski definition) is 0. The summed E-state index contributed by atoms with van der Waals surface area (Å²) in [5.41, 5.74) is 1.34. The summed E-state index contributed by atoms with van der Waals surface area (Å²) in [6.45, 7) is 1.17. The second kappa shape index (κ2) is 10.0. The number of alkyl halides is 2. The zero-order valence-corrected chi connectivity index (χ0v) is 18.4. The van der Waals surface area contributed by atoms with Gasteiger partial charge in [-0.25, -0.2) is 8.78 Å². The standard InChI is InChI=1S/C16H15BrF2NO2S.Y/c1-10-7-11(22-9-23-2)3-4-12(10)14-6-5-13(17)16(21)20(14)8-15(18)19;/h3-5,7,15H,8-9H2,1-2H3;/q-1;. The first-order valence-corrected chi connectivity index (χ1v) is 8.94. The molecule has 3 nitrogen and oxygen atoms in total. The minimum atomic E-state index is -2.63. The second-order valence-electron chi connectivity index (χ2n) is 4.82. The summed E-state index contributed by atoms with van der Waals surface area (Å²) in [6.07, 6.45) is -0.695. The molecule has 0 aliphatic carbocycles. The maximum atomic E-state index is 12.8.